The fraction of sp³-hybridized carbons (Fsp3) is 0.296. The molecule has 1 fully saturated rings. The van der Waals surface area contributed by atoms with Crippen LogP contribution in [0.3, 0.4) is 0 Å². The highest BCUT2D eigenvalue weighted by atomic mass is 16.6. The molecule has 3 aromatic rings. The number of morpholine rings is 1. The van der Waals surface area contributed by atoms with E-state index in [1.54, 1.807) is 0 Å². The Kier molecular flexibility index (Phi) is 6.89. The van der Waals surface area contributed by atoms with Gasteiger partial charge in [-0.05, 0) is 35.4 Å². The molecule has 1 unspecified atom stereocenters. The summed E-state index contributed by atoms with van der Waals surface area (Å²) in [6.07, 6.45) is 1.86. The van der Waals surface area contributed by atoms with Crippen LogP contribution < -0.4 is 5.56 Å². The fourth-order valence-electron chi connectivity index (χ4n) is 4.10. The first-order valence-electron chi connectivity index (χ1n) is 11.6. The SMILES string of the molecule is O=c1[nH]cnc(CC2CC(c3ccc(C#Cc4ccc(CN5CCOCC5)cc4)cc3)=NO2)c1O. The predicted molar refractivity (Wildman–Crippen MR) is 131 cm³/mol. The zero-order chi connectivity index (χ0) is 24.0. The first kappa shape index (κ1) is 22.8. The van der Waals surface area contributed by atoms with E-state index in [9.17, 15) is 9.90 Å². The number of hydrogen-bond donors (Lipinski definition) is 2. The maximum absolute atomic E-state index is 11.5. The van der Waals surface area contributed by atoms with E-state index in [0.29, 0.717) is 18.5 Å². The third-order valence-corrected chi connectivity index (χ3v) is 6.09. The molecule has 1 saturated heterocycles. The summed E-state index contributed by atoms with van der Waals surface area (Å²) in [5, 5.41) is 14.1. The maximum atomic E-state index is 11.5. The lowest BCUT2D eigenvalue weighted by molar-refractivity contribution is 0.0342. The molecule has 3 heterocycles. The molecule has 8 nitrogen and oxygen atoms in total. The van der Waals surface area contributed by atoms with Crippen LogP contribution >= 0.6 is 0 Å². The van der Waals surface area contributed by atoms with Gasteiger partial charge in [0.25, 0.3) is 5.56 Å². The van der Waals surface area contributed by atoms with Gasteiger partial charge in [-0.3, -0.25) is 9.69 Å². The van der Waals surface area contributed by atoms with E-state index in [-0.39, 0.29) is 11.9 Å². The molecule has 0 bridgehead atoms. The minimum atomic E-state index is -0.560. The molecule has 1 atom stereocenters. The highest BCUT2D eigenvalue weighted by molar-refractivity contribution is 6.01. The molecule has 0 radical (unpaired) electrons. The van der Waals surface area contributed by atoms with Crippen molar-refractivity contribution in [2.75, 3.05) is 26.3 Å². The molecule has 2 N–H and O–H groups in total. The van der Waals surface area contributed by atoms with Gasteiger partial charge in [0.2, 0.25) is 5.75 Å². The Morgan fingerprint density at radius 2 is 1.71 bits per heavy atom. The van der Waals surface area contributed by atoms with Gasteiger partial charge in [-0.15, -0.1) is 0 Å². The first-order valence-corrected chi connectivity index (χ1v) is 11.6. The topological polar surface area (TPSA) is 100 Å². The summed E-state index contributed by atoms with van der Waals surface area (Å²) in [5.74, 6) is 6.07. The number of aromatic amines is 1. The molecule has 8 heteroatoms. The van der Waals surface area contributed by atoms with Crippen LogP contribution in [-0.2, 0) is 22.5 Å². The summed E-state index contributed by atoms with van der Waals surface area (Å²) in [4.78, 5) is 25.8. The number of nitrogens with zero attached hydrogens (tertiary/aromatic N) is 3. The van der Waals surface area contributed by atoms with Crippen LogP contribution in [0.15, 0.2) is 64.8 Å². The van der Waals surface area contributed by atoms with Gasteiger partial charge in [-0.25, -0.2) is 4.98 Å². The zero-order valence-electron chi connectivity index (χ0n) is 19.2. The predicted octanol–water partition coefficient (Wildman–Crippen LogP) is 2.44. The third-order valence-electron chi connectivity index (χ3n) is 6.09. The van der Waals surface area contributed by atoms with Crippen molar-refractivity contribution in [2.45, 2.75) is 25.5 Å². The number of aromatic hydroxyl groups is 1. The van der Waals surface area contributed by atoms with Gasteiger partial charge in [0.1, 0.15) is 6.10 Å². The van der Waals surface area contributed by atoms with Gasteiger partial charge in [-0.1, -0.05) is 41.3 Å². The van der Waals surface area contributed by atoms with Crippen molar-refractivity contribution in [3.05, 3.63) is 93.2 Å². The van der Waals surface area contributed by atoms with Gasteiger partial charge < -0.3 is 19.7 Å². The molecule has 35 heavy (non-hydrogen) atoms. The molecule has 2 aliphatic heterocycles. The second-order valence-corrected chi connectivity index (χ2v) is 8.61. The lowest BCUT2D eigenvalue weighted by Gasteiger charge is -2.26. The molecular formula is C27H26N4O4. The Labute approximate surface area is 203 Å². The van der Waals surface area contributed by atoms with Crippen molar-refractivity contribution >= 4 is 5.71 Å². The lowest BCUT2D eigenvalue weighted by Crippen LogP contribution is -2.35. The minimum absolute atomic E-state index is 0.282. The van der Waals surface area contributed by atoms with Gasteiger partial charge in [0.05, 0.1) is 30.9 Å². The van der Waals surface area contributed by atoms with Crippen LogP contribution in [0.2, 0.25) is 0 Å². The van der Waals surface area contributed by atoms with Gasteiger partial charge in [0, 0.05) is 43.6 Å². The molecule has 0 aliphatic carbocycles. The highest BCUT2D eigenvalue weighted by Crippen LogP contribution is 2.21. The summed E-state index contributed by atoms with van der Waals surface area (Å²) < 4.78 is 5.41. The van der Waals surface area contributed by atoms with E-state index in [0.717, 1.165) is 55.3 Å². The number of hydrogen-bond acceptors (Lipinski definition) is 7. The Bertz CT molecular complexity index is 1310. The monoisotopic (exact) mass is 470 g/mol. The van der Waals surface area contributed by atoms with E-state index in [2.05, 4.69) is 56.1 Å². The number of aromatic nitrogens is 2. The van der Waals surface area contributed by atoms with E-state index in [4.69, 9.17) is 9.57 Å². The molecule has 178 valence electrons. The average molecular weight is 471 g/mol. The van der Waals surface area contributed by atoms with Crippen LogP contribution in [-0.4, -0.2) is 58.1 Å². The fourth-order valence-corrected chi connectivity index (χ4v) is 4.10. The highest BCUT2D eigenvalue weighted by Gasteiger charge is 2.24. The van der Waals surface area contributed by atoms with Crippen LogP contribution in [0.4, 0.5) is 0 Å². The summed E-state index contributed by atoms with van der Waals surface area (Å²) in [6.45, 7) is 4.51. The Balaban J connectivity index is 1.16. The summed E-state index contributed by atoms with van der Waals surface area (Å²) in [7, 11) is 0. The second-order valence-electron chi connectivity index (χ2n) is 8.61. The van der Waals surface area contributed by atoms with Crippen LogP contribution in [0.1, 0.15) is 34.4 Å². The summed E-state index contributed by atoms with van der Waals surface area (Å²) in [5.41, 5.74) is 4.69. The van der Waals surface area contributed by atoms with Crippen molar-refractivity contribution in [3.63, 3.8) is 0 Å². The van der Waals surface area contributed by atoms with E-state index in [1.165, 1.54) is 11.9 Å². The number of oxime groups is 1. The molecule has 2 aliphatic rings. The minimum Gasteiger partial charge on any atom is -0.502 e. The van der Waals surface area contributed by atoms with Crippen molar-refractivity contribution in [1.29, 1.82) is 0 Å². The zero-order valence-corrected chi connectivity index (χ0v) is 19.2. The summed E-state index contributed by atoms with van der Waals surface area (Å²) in [6, 6.07) is 16.3. The Morgan fingerprint density at radius 3 is 2.43 bits per heavy atom. The van der Waals surface area contributed by atoms with E-state index < -0.39 is 5.56 Å². The molecular weight excluding hydrogens is 444 g/mol. The van der Waals surface area contributed by atoms with E-state index >= 15 is 0 Å². The van der Waals surface area contributed by atoms with Gasteiger partial charge in [-0.2, -0.15) is 0 Å². The Morgan fingerprint density at radius 1 is 1.03 bits per heavy atom. The number of ether oxygens (including phenoxy) is 1. The average Bonchev–Trinajstić information content (AvgIpc) is 3.36. The molecule has 0 saturated carbocycles. The molecule has 1 aromatic heterocycles. The second kappa shape index (κ2) is 10.6. The number of H-pyrrole nitrogens is 1. The van der Waals surface area contributed by atoms with E-state index in [1.807, 2.05) is 24.3 Å². The number of rotatable bonds is 5. The molecule has 0 amide bonds. The largest absolute Gasteiger partial charge is 0.502 e. The van der Waals surface area contributed by atoms with Gasteiger partial charge >= 0.3 is 0 Å². The third kappa shape index (κ3) is 5.77. The molecule has 5 rings (SSSR count). The quantitative estimate of drug-likeness (QED) is 0.556. The first-order chi connectivity index (χ1) is 17.1. The number of benzene rings is 2. The lowest BCUT2D eigenvalue weighted by atomic mass is 10.0. The van der Waals surface area contributed by atoms with Crippen LogP contribution in [0.5, 0.6) is 5.75 Å². The summed E-state index contributed by atoms with van der Waals surface area (Å²) >= 11 is 0. The Hall–Kier alpha value is -3.93. The van der Waals surface area contributed by atoms with Crippen LogP contribution in [0.25, 0.3) is 0 Å². The van der Waals surface area contributed by atoms with Crippen molar-refractivity contribution < 1.29 is 14.7 Å². The van der Waals surface area contributed by atoms with Crippen LogP contribution in [0, 0.1) is 11.8 Å². The normalized spacial score (nSPS) is 17.8. The smallest absolute Gasteiger partial charge is 0.293 e. The molecule has 2 aromatic carbocycles. The van der Waals surface area contributed by atoms with Crippen molar-refractivity contribution in [2.24, 2.45) is 5.16 Å². The molecule has 0 spiro atoms. The van der Waals surface area contributed by atoms with Gasteiger partial charge in [0.15, 0.2) is 0 Å². The maximum Gasteiger partial charge on any atom is 0.293 e. The number of nitrogens with one attached hydrogen (secondary N) is 1. The van der Waals surface area contributed by atoms with Crippen molar-refractivity contribution in [3.8, 4) is 17.6 Å². The standard InChI is InChI=1S/C27H26N4O4/c32-26-25(28-18-29-27(26)33)16-23-15-24(30-35-23)22-9-7-20(8-10-22)2-1-19-3-5-21(6-4-19)17-31-11-13-34-14-12-31/h3-10,18,23,32H,11-17H2,(H,28,29,33). The van der Waals surface area contributed by atoms with Crippen molar-refractivity contribution in [1.82, 2.24) is 14.9 Å².